The molecule has 1 aromatic carbocycles. The normalized spacial score (nSPS) is 13.5. The number of nitrogens with zero attached hydrogens (tertiary/aromatic N) is 1. The molecule has 7 heteroatoms. The minimum atomic E-state index is -0.414. The van der Waals surface area contributed by atoms with Gasteiger partial charge < -0.3 is 10.6 Å². The Bertz CT molecular complexity index is 776. The number of carbonyl (C=O) groups is 2. The fraction of sp³-hybridized carbons (Fsp3) is 0.188. The zero-order valence-electron chi connectivity index (χ0n) is 12.0. The molecule has 0 spiro atoms. The lowest BCUT2D eigenvalue weighted by Crippen LogP contribution is -2.26. The predicted molar refractivity (Wildman–Crippen MR) is 89.1 cm³/mol. The molecule has 23 heavy (non-hydrogen) atoms. The van der Waals surface area contributed by atoms with Crippen LogP contribution in [-0.4, -0.2) is 22.8 Å². The van der Waals surface area contributed by atoms with Crippen molar-refractivity contribution in [1.82, 2.24) is 10.3 Å². The Morgan fingerprint density at radius 2 is 1.74 bits per heavy atom. The summed E-state index contributed by atoms with van der Waals surface area (Å²) in [5, 5.41) is 6.35. The van der Waals surface area contributed by atoms with Crippen LogP contribution in [0.3, 0.4) is 0 Å². The van der Waals surface area contributed by atoms with Crippen molar-refractivity contribution < 1.29 is 9.59 Å². The van der Waals surface area contributed by atoms with Crippen molar-refractivity contribution >= 4 is 40.7 Å². The average Bonchev–Trinajstić information content (AvgIpc) is 3.35. The molecule has 1 aliphatic rings. The van der Waals surface area contributed by atoms with Crippen molar-refractivity contribution in [3.05, 3.63) is 57.8 Å². The average molecular weight is 350 g/mol. The van der Waals surface area contributed by atoms with Gasteiger partial charge >= 0.3 is 0 Å². The van der Waals surface area contributed by atoms with E-state index in [4.69, 9.17) is 23.2 Å². The van der Waals surface area contributed by atoms with Crippen LogP contribution < -0.4 is 10.6 Å². The Kier molecular flexibility index (Phi) is 4.50. The van der Waals surface area contributed by atoms with Gasteiger partial charge in [0.25, 0.3) is 11.8 Å². The molecule has 0 atom stereocenters. The monoisotopic (exact) mass is 349 g/mol. The molecule has 1 aromatic heterocycles. The second-order valence-electron chi connectivity index (χ2n) is 5.29. The van der Waals surface area contributed by atoms with Crippen LogP contribution in [0.4, 0.5) is 5.69 Å². The van der Waals surface area contributed by atoms with E-state index in [2.05, 4.69) is 15.6 Å². The molecular weight excluding hydrogens is 337 g/mol. The predicted octanol–water partition coefficient (Wildman–Crippen LogP) is 3.53. The quantitative estimate of drug-likeness (QED) is 0.886. The van der Waals surface area contributed by atoms with E-state index < -0.39 is 5.91 Å². The molecule has 0 aliphatic heterocycles. The van der Waals surface area contributed by atoms with Gasteiger partial charge in [-0.15, -0.1) is 0 Å². The van der Waals surface area contributed by atoms with Gasteiger partial charge in [-0.25, -0.2) is 0 Å². The van der Waals surface area contributed by atoms with Gasteiger partial charge in [-0.05, 0) is 37.1 Å². The van der Waals surface area contributed by atoms with Crippen LogP contribution in [0.5, 0.6) is 0 Å². The largest absolute Gasteiger partial charge is 0.349 e. The molecule has 2 aromatic rings. The van der Waals surface area contributed by atoms with Crippen LogP contribution in [0.2, 0.25) is 10.0 Å². The van der Waals surface area contributed by atoms with Gasteiger partial charge in [-0.1, -0.05) is 23.2 Å². The standard InChI is InChI=1S/C16H13Cl2N3O2/c17-11-1-4-13(18)14(6-11)21-16(23)10-5-9(7-19-8-10)15(22)20-12-2-3-12/h1,4-8,12H,2-3H2,(H,20,22)(H,21,23). The smallest absolute Gasteiger partial charge is 0.257 e. The highest BCUT2D eigenvalue weighted by Crippen LogP contribution is 2.26. The third kappa shape index (κ3) is 4.00. The summed E-state index contributed by atoms with van der Waals surface area (Å²) in [6.45, 7) is 0. The summed E-state index contributed by atoms with van der Waals surface area (Å²) >= 11 is 11.9. The first-order valence-corrected chi connectivity index (χ1v) is 7.81. The lowest BCUT2D eigenvalue weighted by Gasteiger charge is -2.09. The topological polar surface area (TPSA) is 71.1 Å². The SMILES string of the molecule is O=C(Nc1cc(Cl)ccc1Cl)c1cncc(C(=O)NC2CC2)c1. The van der Waals surface area contributed by atoms with E-state index in [0.717, 1.165) is 12.8 Å². The number of halogens is 2. The lowest BCUT2D eigenvalue weighted by molar-refractivity contribution is 0.0950. The summed E-state index contributed by atoms with van der Waals surface area (Å²) in [5.41, 5.74) is 1.02. The Hall–Kier alpha value is -2.11. The molecular formula is C16H13Cl2N3O2. The molecule has 1 heterocycles. The molecule has 3 rings (SSSR count). The molecule has 118 valence electrons. The van der Waals surface area contributed by atoms with Gasteiger partial charge in [0.15, 0.2) is 0 Å². The van der Waals surface area contributed by atoms with Crippen LogP contribution in [0.15, 0.2) is 36.7 Å². The minimum absolute atomic E-state index is 0.226. The van der Waals surface area contributed by atoms with Crippen molar-refractivity contribution in [3.63, 3.8) is 0 Å². The maximum absolute atomic E-state index is 12.3. The number of aromatic nitrogens is 1. The van der Waals surface area contributed by atoms with Crippen molar-refractivity contribution in [3.8, 4) is 0 Å². The van der Waals surface area contributed by atoms with E-state index in [0.29, 0.717) is 21.3 Å². The van der Waals surface area contributed by atoms with Crippen LogP contribution in [-0.2, 0) is 0 Å². The number of nitrogens with one attached hydrogen (secondary N) is 2. The highest BCUT2D eigenvalue weighted by molar-refractivity contribution is 6.35. The number of amides is 2. The van der Waals surface area contributed by atoms with E-state index in [1.165, 1.54) is 18.5 Å². The van der Waals surface area contributed by atoms with Crippen LogP contribution >= 0.6 is 23.2 Å². The number of carbonyl (C=O) groups excluding carboxylic acids is 2. The Morgan fingerprint density at radius 1 is 1.04 bits per heavy atom. The second kappa shape index (κ2) is 6.56. The molecule has 5 nitrogen and oxygen atoms in total. The van der Waals surface area contributed by atoms with E-state index in [1.807, 2.05) is 0 Å². The van der Waals surface area contributed by atoms with E-state index in [-0.39, 0.29) is 17.5 Å². The summed E-state index contributed by atoms with van der Waals surface area (Å²) < 4.78 is 0. The first-order chi connectivity index (χ1) is 11.0. The van der Waals surface area contributed by atoms with Crippen molar-refractivity contribution in [2.45, 2.75) is 18.9 Å². The second-order valence-corrected chi connectivity index (χ2v) is 6.13. The number of benzene rings is 1. The number of hydrogen-bond donors (Lipinski definition) is 2. The van der Waals surface area contributed by atoms with E-state index in [9.17, 15) is 9.59 Å². The highest BCUT2D eigenvalue weighted by atomic mass is 35.5. The van der Waals surface area contributed by atoms with Gasteiger partial charge in [-0.3, -0.25) is 14.6 Å². The summed E-state index contributed by atoms with van der Waals surface area (Å²) in [6.07, 6.45) is 4.81. The van der Waals surface area contributed by atoms with Gasteiger partial charge in [0.2, 0.25) is 0 Å². The Balaban J connectivity index is 1.76. The minimum Gasteiger partial charge on any atom is -0.349 e. The third-order valence-corrected chi connectivity index (χ3v) is 3.92. The maximum Gasteiger partial charge on any atom is 0.257 e. The number of rotatable bonds is 4. The first-order valence-electron chi connectivity index (χ1n) is 7.05. The molecule has 0 unspecified atom stereocenters. The summed E-state index contributed by atoms with van der Waals surface area (Å²) in [5.74, 6) is -0.641. The molecule has 1 fully saturated rings. The van der Waals surface area contributed by atoms with Crippen molar-refractivity contribution in [2.75, 3.05) is 5.32 Å². The maximum atomic E-state index is 12.3. The van der Waals surface area contributed by atoms with Crippen LogP contribution in [0, 0.1) is 0 Å². The molecule has 1 saturated carbocycles. The molecule has 0 saturated heterocycles. The molecule has 0 bridgehead atoms. The van der Waals surface area contributed by atoms with E-state index in [1.54, 1.807) is 18.2 Å². The zero-order valence-corrected chi connectivity index (χ0v) is 13.5. The van der Waals surface area contributed by atoms with E-state index >= 15 is 0 Å². The lowest BCUT2D eigenvalue weighted by atomic mass is 10.2. The third-order valence-electron chi connectivity index (χ3n) is 3.35. The number of anilines is 1. The summed E-state index contributed by atoms with van der Waals surface area (Å²) in [7, 11) is 0. The van der Waals surface area contributed by atoms with Gasteiger partial charge in [0.05, 0.1) is 21.8 Å². The van der Waals surface area contributed by atoms with Gasteiger partial charge in [0.1, 0.15) is 0 Å². The van der Waals surface area contributed by atoms with Crippen molar-refractivity contribution in [1.29, 1.82) is 0 Å². The van der Waals surface area contributed by atoms with Gasteiger partial charge in [0, 0.05) is 23.5 Å². The highest BCUT2D eigenvalue weighted by Gasteiger charge is 2.24. The summed E-state index contributed by atoms with van der Waals surface area (Å²) in [6, 6.07) is 6.52. The fourth-order valence-corrected chi connectivity index (χ4v) is 2.31. The van der Waals surface area contributed by atoms with Crippen LogP contribution in [0.1, 0.15) is 33.6 Å². The Morgan fingerprint density at radius 3 is 2.43 bits per heavy atom. The van der Waals surface area contributed by atoms with Crippen LogP contribution in [0.25, 0.3) is 0 Å². The first kappa shape index (κ1) is 15.8. The van der Waals surface area contributed by atoms with Crippen molar-refractivity contribution in [2.24, 2.45) is 0 Å². The molecule has 2 N–H and O–H groups in total. The number of pyridine rings is 1. The number of hydrogen-bond acceptors (Lipinski definition) is 3. The molecule has 0 radical (unpaired) electrons. The van der Waals surface area contributed by atoms with Gasteiger partial charge in [-0.2, -0.15) is 0 Å². The Labute approximate surface area is 143 Å². The molecule has 1 aliphatic carbocycles. The molecule has 2 amide bonds. The zero-order chi connectivity index (χ0) is 16.4. The summed E-state index contributed by atoms with van der Waals surface area (Å²) in [4.78, 5) is 28.3. The fourth-order valence-electron chi connectivity index (χ4n) is 1.97.